The van der Waals surface area contributed by atoms with Crippen molar-refractivity contribution in [3.05, 3.63) is 78.5 Å². The predicted molar refractivity (Wildman–Crippen MR) is 109 cm³/mol. The first-order valence-corrected chi connectivity index (χ1v) is 9.61. The number of nitrogens with one attached hydrogen (secondary N) is 1. The number of fused-ring (bicyclic) bond motifs is 1. The fourth-order valence-corrected chi connectivity index (χ4v) is 3.17. The summed E-state index contributed by atoms with van der Waals surface area (Å²) in [5, 5.41) is 2.52. The molecule has 1 N–H and O–H groups in total. The van der Waals surface area contributed by atoms with Crippen molar-refractivity contribution in [2.75, 3.05) is 11.9 Å². The molecule has 0 bridgehead atoms. The molecular weight excluding hydrogens is 466 g/mol. The number of rotatable bonds is 5. The molecule has 0 spiro atoms. The summed E-state index contributed by atoms with van der Waals surface area (Å²) < 4.78 is 84.6. The van der Waals surface area contributed by atoms with Crippen molar-refractivity contribution < 1.29 is 35.9 Å². The van der Waals surface area contributed by atoms with Gasteiger partial charge >= 0.3 is 12.4 Å². The average Bonchev–Trinajstić information content (AvgIpc) is 3.21. The van der Waals surface area contributed by atoms with Gasteiger partial charge in [0, 0.05) is 29.7 Å². The number of carbonyl (C=O) groups is 1. The Balaban J connectivity index is 1.82. The lowest BCUT2D eigenvalue weighted by molar-refractivity contribution is -0.153. The van der Waals surface area contributed by atoms with Crippen LogP contribution in [0.5, 0.6) is 5.75 Å². The first-order chi connectivity index (χ1) is 16.0. The Labute approximate surface area is 187 Å². The monoisotopic (exact) mass is 480 g/mol. The van der Waals surface area contributed by atoms with Crippen LogP contribution in [0.1, 0.15) is 16.1 Å². The fraction of sp³-hybridized carbons (Fsp3) is 0.136. The number of anilines is 1. The molecule has 3 heterocycles. The number of benzene rings is 1. The number of hydrogen-bond donors (Lipinski definition) is 1. The maximum absolute atomic E-state index is 13.6. The van der Waals surface area contributed by atoms with Gasteiger partial charge in [0.25, 0.3) is 5.91 Å². The highest BCUT2D eigenvalue weighted by atomic mass is 19.4. The van der Waals surface area contributed by atoms with Crippen LogP contribution >= 0.6 is 0 Å². The van der Waals surface area contributed by atoms with Crippen molar-refractivity contribution in [3.8, 4) is 16.9 Å². The Morgan fingerprint density at radius 2 is 1.76 bits per heavy atom. The minimum Gasteiger partial charge on any atom is -0.483 e. The lowest BCUT2D eigenvalue weighted by atomic mass is 10.0. The van der Waals surface area contributed by atoms with Crippen molar-refractivity contribution in [1.82, 2.24) is 14.4 Å². The highest BCUT2D eigenvalue weighted by Crippen LogP contribution is 2.38. The van der Waals surface area contributed by atoms with Gasteiger partial charge < -0.3 is 14.5 Å². The highest BCUT2D eigenvalue weighted by Gasteiger charge is 2.33. The highest BCUT2D eigenvalue weighted by molar-refractivity contribution is 6.03. The predicted octanol–water partition coefficient (Wildman–Crippen LogP) is 5.61. The SMILES string of the molecule is O=C(Nc1cccnc1)c1cn2cc(C(F)(F)F)cc(-c3ccccc3OCC(F)(F)F)c2n1. The molecule has 0 aliphatic rings. The van der Waals surface area contributed by atoms with Crippen LogP contribution in [0.4, 0.5) is 32.0 Å². The zero-order valence-corrected chi connectivity index (χ0v) is 17.0. The van der Waals surface area contributed by atoms with Gasteiger partial charge in [-0.3, -0.25) is 9.78 Å². The summed E-state index contributed by atoms with van der Waals surface area (Å²) in [6.45, 7) is -1.63. The van der Waals surface area contributed by atoms with Gasteiger partial charge in [-0.1, -0.05) is 18.2 Å². The zero-order valence-electron chi connectivity index (χ0n) is 17.0. The molecule has 0 radical (unpaired) electrons. The summed E-state index contributed by atoms with van der Waals surface area (Å²) in [7, 11) is 0. The number of alkyl halides is 6. The van der Waals surface area contributed by atoms with E-state index < -0.39 is 30.4 Å². The van der Waals surface area contributed by atoms with Crippen molar-refractivity contribution >= 4 is 17.2 Å². The molecule has 0 saturated carbocycles. The van der Waals surface area contributed by atoms with Crippen LogP contribution < -0.4 is 10.1 Å². The van der Waals surface area contributed by atoms with Crippen molar-refractivity contribution in [2.24, 2.45) is 0 Å². The largest absolute Gasteiger partial charge is 0.483 e. The normalized spacial score (nSPS) is 12.1. The van der Waals surface area contributed by atoms with Gasteiger partial charge in [-0.2, -0.15) is 26.3 Å². The molecule has 6 nitrogen and oxygen atoms in total. The Bertz CT molecular complexity index is 1330. The molecule has 4 rings (SSSR count). The van der Waals surface area contributed by atoms with E-state index in [1.807, 2.05) is 0 Å². The minimum absolute atomic E-state index is 0.0485. The zero-order chi connectivity index (χ0) is 24.5. The lowest BCUT2D eigenvalue weighted by Crippen LogP contribution is -2.19. The van der Waals surface area contributed by atoms with Gasteiger partial charge in [-0.15, -0.1) is 0 Å². The molecule has 0 fully saturated rings. The van der Waals surface area contributed by atoms with E-state index in [0.717, 1.165) is 22.9 Å². The molecule has 12 heteroatoms. The van der Waals surface area contributed by atoms with Crippen LogP contribution in [-0.2, 0) is 6.18 Å². The van der Waals surface area contributed by atoms with Gasteiger partial charge in [-0.05, 0) is 24.3 Å². The van der Waals surface area contributed by atoms with E-state index in [2.05, 4.69) is 15.3 Å². The van der Waals surface area contributed by atoms with Crippen molar-refractivity contribution in [2.45, 2.75) is 12.4 Å². The second-order valence-corrected chi connectivity index (χ2v) is 7.09. The lowest BCUT2D eigenvalue weighted by Gasteiger charge is -2.15. The van der Waals surface area contributed by atoms with Crippen LogP contribution in [0, 0.1) is 0 Å². The Hall–Kier alpha value is -4.09. The van der Waals surface area contributed by atoms with E-state index in [4.69, 9.17) is 4.74 Å². The molecule has 0 saturated heterocycles. The fourth-order valence-electron chi connectivity index (χ4n) is 3.17. The number of carbonyl (C=O) groups excluding carboxylic acids is 1. The Morgan fingerprint density at radius 3 is 2.44 bits per heavy atom. The molecule has 0 atom stereocenters. The topological polar surface area (TPSA) is 68.5 Å². The number of para-hydroxylation sites is 1. The van der Waals surface area contributed by atoms with Crippen LogP contribution in [-0.4, -0.2) is 33.1 Å². The number of halogens is 6. The number of hydrogen-bond acceptors (Lipinski definition) is 4. The summed E-state index contributed by atoms with van der Waals surface area (Å²) in [4.78, 5) is 20.6. The van der Waals surface area contributed by atoms with E-state index in [1.165, 1.54) is 36.7 Å². The van der Waals surface area contributed by atoms with E-state index >= 15 is 0 Å². The van der Waals surface area contributed by atoms with Gasteiger partial charge in [0.2, 0.25) is 0 Å². The minimum atomic E-state index is -4.77. The summed E-state index contributed by atoms with van der Waals surface area (Å²) >= 11 is 0. The number of imidazole rings is 1. The maximum Gasteiger partial charge on any atom is 0.422 e. The van der Waals surface area contributed by atoms with E-state index in [1.54, 1.807) is 12.1 Å². The molecule has 0 unspecified atom stereocenters. The van der Waals surface area contributed by atoms with Crippen LogP contribution in [0.3, 0.4) is 0 Å². The summed E-state index contributed by atoms with van der Waals surface area (Å²) in [6, 6.07) is 9.22. The molecule has 176 valence electrons. The van der Waals surface area contributed by atoms with Crippen molar-refractivity contribution in [3.63, 3.8) is 0 Å². The molecule has 3 aromatic heterocycles. The van der Waals surface area contributed by atoms with Crippen LogP contribution in [0.15, 0.2) is 67.3 Å². The quantitative estimate of drug-likeness (QED) is 0.377. The third-order valence-electron chi connectivity index (χ3n) is 4.60. The van der Waals surface area contributed by atoms with E-state index in [9.17, 15) is 31.1 Å². The van der Waals surface area contributed by atoms with Gasteiger partial charge in [0.05, 0.1) is 17.4 Å². The molecule has 0 aliphatic heterocycles. The number of nitrogens with zero attached hydrogens (tertiary/aromatic N) is 3. The van der Waals surface area contributed by atoms with E-state index in [-0.39, 0.29) is 28.2 Å². The number of aromatic nitrogens is 3. The standard InChI is InChI=1S/C22H14F6N4O2/c23-21(24,25)12-34-18-6-2-1-5-15(18)16-8-13(22(26,27)28)10-32-11-17(31-19(16)32)20(33)30-14-4-3-7-29-9-14/h1-11H,12H2,(H,30,33). The number of ether oxygens (including phenoxy) is 1. The van der Waals surface area contributed by atoms with Gasteiger partial charge in [0.15, 0.2) is 6.61 Å². The van der Waals surface area contributed by atoms with Crippen molar-refractivity contribution in [1.29, 1.82) is 0 Å². The first kappa shape index (κ1) is 23.1. The smallest absolute Gasteiger partial charge is 0.422 e. The molecule has 1 amide bonds. The van der Waals surface area contributed by atoms with E-state index in [0.29, 0.717) is 5.69 Å². The maximum atomic E-state index is 13.6. The van der Waals surface area contributed by atoms with Gasteiger partial charge in [-0.25, -0.2) is 4.98 Å². The van der Waals surface area contributed by atoms with Crippen LogP contribution in [0.25, 0.3) is 16.8 Å². The number of pyridine rings is 2. The average molecular weight is 480 g/mol. The van der Waals surface area contributed by atoms with Gasteiger partial charge in [0.1, 0.15) is 17.1 Å². The summed E-state index contributed by atoms with van der Waals surface area (Å²) in [6.07, 6.45) is -4.72. The summed E-state index contributed by atoms with van der Waals surface area (Å²) in [5.74, 6) is -0.997. The second kappa shape index (κ2) is 8.69. The Kier molecular flexibility index (Phi) is 5.90. The third-order valence-corrected chi connectivity index (χ3v) is 4.60. The third kappa shape index (κ3) is 5.11. The first-order valence-electron chi connectivity index (χ1n) is 9.61. The molecular formula is C22H14F6N4O2. The molecule has 34 heavy (non-hydrogen) atoms. The molecule has 1 aromatic carbocycles. The summed E-state index contributed by atoms with van der Waals surface area (Å²) in [5.41, 5.74) is -1.24. The molecule has 0 aliphatic carbocycles. The van der Waals surface area contributed by atoms with Crippen LogP contribution in [0.2, 0.25) is 0 Å². The molecule has 4 aromatic rings. The second-order valence-electron chi connectivity index (χ2n) is 7.09. The number of amides is 1. The Morgan fingerprint density at radius 1 is 1.00 bits per heavy atom.